The average molecular weight is 380 g/mol. The van der Waals surface area contributed by atoms with Gasteiger partial charge in [-0.25, -0.2) is 0 Å². The van der Waals surface area contributed by atoms with Crippen molar-refractivity contribution in [1.29, 1.82) is 0 Å². The molecule has 1 unspecified atom stereocenters. The molecule has 5 heteroatoms. The van der Waals surface area contributed by atoms with E-state index in [9.17, 15) is 9.59 Å². The topological polar surface area (TPSA) is 58.6 Å². The highest BCUT2D eigenvalue weighted by Gasteiger charge is 2.43. The van der Waals surface area contributed by atoms with Crippen LogP contribution in [0.1, 0.15) is 37.0 Å². The quantitative estimate of drug-likeness (QED) is 0.838. The summed E-state index contributed by atoms with van der Waals surface area (Å²) in [5, 5.41) is 3.12. The van der Waals surface area contributed by atoms with Crippen LogP contribution in [0.4, 0.5) is 0 Å². The minimum Gasteiger partial charge on any atom is -0.375 e. The molecule has 1 heterocycles. The zero-order valence-corrected chi connectivity index (χ0v) is 16.6. The van der Waals surface area contributed by atoms with Crippen LogP contribution < -0.4 is 5.32 Å². The predicted molar refractivity (Wildman–Crippen MR) is 109 cm³/mol. The number of piperidine rings is 1. The Hall–Kier alpha value is -2.66. The third-order valence-corrected chi connectivity index (χ3v) is 5.73. The van der Waals surface area contributed by atoms with Crippen LogP contribution in [-0.4, -0.2) is 43.5 Å². The summed E-state index contributed by atoms with van der Waals surface area (Å²) in [6, 6.07) is 19.8. The second-order valence-corrected chi connectivity index (χ2v) is 7.30. The van der Waals surface area contributed by atoms with E-state index < -0.39 is 5.41 Å². The fourth-order valence-electron chi connectivity index (χ4n) is 3.97. The molecule has 0 spiro atoms. The van der Waals surface area contributed by atoms with Crippen molar-refractivity contribution in [2.45, 2.75) is 31.3 Å². The molecule has 0 aliphatic carbocycles. The van der Waals surface area contributed by atoms with Gasteiger partial charge in [0.1, 0.15) is 0 Å². The van der Waals surface area contributed by atoms with Gasteiger partial charge in [-0.05, 0) is 24.0 Å². The molecule has 2 amide bonds. The van der Waals surface area contributed by atoms with E-state index in [-0.39, 0.29) is 17.9 Å². The first kappa shape index (κ1) is 20.1. The molecule has 2 aromatic rings. The molecule has 1 aliphatic heterocycles. The van der Waals surface area contributed by atoms with Crippen molar-refractivity contribution in [2.75, 3.05) is 26.7 Å². The van der Waals surface area contributed by atoms with Crippen LogP contribution in [0.3, 0.4) is 0 Å². The zero-order valence-electron chi connectivity index (χ0n) is 16.6. The molecule has 1 atom stereocenters. The fraction of sp³-hybridized carbons (Fsp3) is 0.391. The molecule has 1 aliphatic rings. The standard InChI is InChI=1S/C23H28N2O3/c1-18(26)25-15-13-23(14-16-25,20-11-7-4-8-12-20)22(27)24-17-21(28-2)19-9-5-3-6-10-19/h3-12,21H,13-17H2,1-2H3,(H,24,27). The van der Waals surface area contributed by atoms with E-state index in [1.54, 1.807) is 14.0 Å². The number of carbonyl (C=O) groups excluding carboxylic acids is 2. The number of nitrogens with one attached hydrogen (secondary N) is 1. The van der Waals surface area contributed by atoms with Crippen molar-refractivity contribution in [3.8, 4) is 0 Å². The molecular formula is C23H28N2O3. The van der Waals surface area contributed by atoms with E-state index in [0.29, 0.717) is 32.5 Å². The smallest absolute Gasteiger partial charge is 0.230 e. The van der Waals surface area contributed by atoms with Crippen molar-refractivity contribution in [3.63, 3.8) is 0 Å². The lowest BCUT2D eigenvalue weighted by atomic mass is 9.72. The summed E-state index contributed by atoms with van der Waals surface area (Å²) < 4.78 is 5.59. The summed E-state index contributed by atoms with van der Waals surface area (Å²) in [7, 11) is 1.65. The van der Waals surface area contributed by atoms with E-state index in [1.165, 1.54) is 0 Å². The Morgan fingerprint density at radius 2 is 1.61 bits per heavy atom. The van der Waals surface area contributed by atoms with Crippen molar-refractivity contribution in [1.82, 2.24) is 10.2 Å². The van der Waals surface area contributed by atoms with E-state index in [0.717, 1.165) is 11.1 Å². The van der Waals surface area contributed by atoms with Gasteiger partial charge in [0.2, 0.25) is 11.8 Å². The highest BCUT2D eigenvalue weighted by molar-refractivity contribution is 5.88. The zero-order chi connectivity index (χ0) is 20.0. The second kappa shape index (κ2) is 9.02. The fourth-order valence-corrected chi connectivity index (χ4v) is 3.97. The molecule has 0 radical (unpaired) electrons. The number of hydrogen-bond acceptors (Lipinski definition) is 3. The largest absolute Gasteiger partial charge is 0.375 e. The van der Waals surface area contributed by atoms with E-state index in [2.05, 4.69) is 5.32 Å². The third kappa shape index (κ3) is 4.25. The normalized spacial score (nSPS) is 17.0. The number of carbonyl (C=O) groups is 2. The molecule has 1 fully saturated rings. The van der Waals surface area contributed by atoms with Gasteiger partial charge in [0.25, 0.3) is 0 Å². The van der Waals surface area contributed by atoms with Crippen molar-refractivity contribution in [3.05, 3.63) is 71.8 Å². The number of methoxy groups -OCH3 is 1. The van der Waals surface area contributed by atoms with Crippen molar-refractivity contribution >= 4 is 11.8 Å². The first-order chi connectivity index (χ1) is 13.6. The molecule has 1 saturated heterocycles. The molecule has 0 aromatic heterocycles. The number of likely N-dealkylation sites (tertiary alicyclic amines) is 1. The van der Waals surface area contributed by atoms with Crippen LogP contribution >= 0.6 is 0 Å². The maximum absolute atomic E-state index is 13.4. The monoisotopic (exact) mass is 380 g/mol. The van der Waals surface area contributed by atoms with Gasteiger partial charge in [-0.3, -0.25) is 9.59 Å². The molecular weight excluding hydrogens is 352 g/mol. The van der Waals surface area contributed by atoms with Crippen LogP contribution in [0.5, 0.6) is 0 Å². The maximum atomic E-state index is 13.4. The van der Waals surface area contributed by atoms with Crippen LogP contribution in [0.15, 0.2) is 60.7 Å². The molecule has 148 valence electrons. The lowest BCUT2D eigenvalue weighted by molar-refractivity contribution is -0.135. The Balaban J connectivity index is 1.77. The second-order valence-electron chi connectivity index (χ2n) is 7.30. The number of hydrogen-bond donors (Lipinski definition) is 1. The summed E-state index contributed by atoms with van der Waals surface area (Å²) in [4.78, 5) is 26.9. The van der Waals surface area contributed by atoms with Gasteiger partial charge in [0.05, 0.1) is 11.5 Å². The van der Waals surface area contributed by atoms with Crippen LogP contribution in [0.25, 0.3) is 0 Å². The van der Waals surface area contributed by atoms with Gasteiger partial charge in [-0.15, -0.1) is 0 Å². The van der Waals surface area contributed by atoms with Gasteiger partial charge >= 0.3 is 0 Å². The van der Waals surface area contributed by atoms with Gasteiger partial charge < -0.3 is 15.0 Å². The highest BCUT2D eigenvalue weighted by atomic mass is 16.5. The van der Waals surface area contributed by atoms with Gasteiger partial charge in [-0.1, -0.05) is 60.7 Å². The van der Waals surface area contributed by atoms with Crippen molar-refractivity contribution < 1.29 is 14.3 Å². The number of rotatable bonds is 6. The summed E-state index contributed by atoms with van der Waals surface area (Å²) in [6.07, 6.45) is 1.03. The number of ether oxygens (including phenoxy) is 1. The summed E-state index contributed by atoms with van der Waals surface area (Å²) in [5.74, 6) is 0.0606. The van der Waals surface area contributed by atoms with Crippen LogP contribution in [-0.2, 0) is 19.7 Å². The van der Waals surface area contributed by atoms with Crippen LogP contribution in [0, 0.1) is 0 Å². The van der Waals surface area contributed by atoms with Crippen LogP contribution in [0.2, 0.25) is 0 Å². The minimum absolute atomic E-state index is 0.000108. The number of benzene rings is 2. The lowest BCUT2D eigenvalue weighted by Gasteiger charge is -2.41. The SMILES string of the molecule is COC(CNC(=O)C1(c2ccccc2)CCN(C(C)=O)CC1)c1ccccc1. The average Bonchev–Trinajstić information content (AvgIpc) is 2.75. The maximum Gasteiger partial charge on any atom is 0.230 e. The van der Waals surface area contributed by atoms with E-state index in [4.69, 9.17) is 4.74 Å². The summed E-state index contributed by atoms with van der Waals surface area (Å²) in [5.41, 5.74) is 1.41. The molecule has 3 rings (SSSR count). The molecule has 1 N–H and O–H groups in total. The molecule has 0 saturated carbocycles. The summed E-state index contributed by atoms with van der Waals surface area (Å²) >= 11 is 0. The van der Waals surface area contributed by atoms with Gasteiger partial charge in [0, 0.05) is 33.7 Å². The third-order valence-electron chi connectivity index (χ3n) is 5.73. The van der Waals surface area contributed by atoms with E-state index >= 15 is 0 Å². The first-order valence-electron chi connectivity index (χ1n) is 9.74. The van der Waals surface area contributed by atoms with E-state index in [1.807, 2.05) is 65.6 Å². The minimum atomic E-state index is -0.623. The number of amides is 2. The summed E-state index contributed by atoms with van der Waals surface area (Å²) in [6.45, 7) is 3.16. The Bertz CT molecular complexity index is 784. The Kier molecular flexibility index (Phi) is 6.47. The number of nitrogens with zero attached hydrogens (tertiary/aromatic N) is 1. The van der Waals surface area contributed by atoms with Crippen molar-refractivity contribution in [2.24, 2.45) is 0 Å². The van der Waals surface area contributed by atoms with Gasteiger partial charge in [-0.2, -0.15) is 0 Å². The molecule has 0 bridgehead atoms. The first-order valence-corrected chi connectivity index (χ1v) is 9.74. The highest BCUT2D eigenvalue weighted by Crippen LogP contribution is 2.36. The Morgan fingerprint density at radius 1 is 1.04 bits per heavy atom. The molecule has 5 nitrogen and oxygen atoms in total. The Morgan fingerprint density at radius 3 is 2.14 bits per heavy atom. The predicted octanol–water partition coefficient (Wildman–Crippen LogP) is 3.07. The molecule has 28 heavy (non-hydrogen) atoms. The Labute approximate surface area is 166 Å². The lowest BCUT2D eigenvalue weighted by Crippen LogP contribution is -2.53. The van der Waals surface area contributed by atoms with Gasteiger partial charge in [0.15, 0.2) is 0 Å². The molecule has 2 aromatic carbocycles.